The number of carboxylic acid groups (broad SMARTS) is 1. The van der Waals surface area contributed by atoms with Crippen LogP contribution in [0.2, 0.25) is 0 Å². The molecule has 0 saturated carbocycles. The van der Waals surface area contributed by atoms with Crippen molar-refractivity contribution >= 4 is 16.7 Å². The molecule has 4 nitrogen and oxygen atoms in total. The Morgan fingerprint density at radius 1 is 1.12 bits per heavy atom. The van der Waals surface area contributed by atoms with Gasteiger partial charge in [0.2, 0.25) is 0 Å². The maximum atomic E-state index is 10.9. The zero-order chi connectivity index (χ0) is 12.4. The van der Waals surface area contributed by atoms with E-state index in [4.69, 9.17) is 15.6 Å². The van der Waals surface area contributed by atoms with Crippen molar-refractivity contribution in [3.63, 3.8) is 0 Å². The summed E-state index contributed by atoms with van der Waals surface area (Å²) in [4.78, 5) is 10.9. The maximum Gasteiger partial charge on any atom is 0.335 e. The highest BCUT2D eigenvalue weighted by molar-refractivity contribution is 5.97. The first kappa shape index (κ1) is 10.7. The minimum Gasteiger partial charge on any atom is -0.478 e. The molecule has 0 amide bonds. The Kier molecular flexibility index (Phi) is 2.48. The van der Waals surface area contributed by atoms with Crippen LogP contribution in [0.5, 0.6) is 0 Å². The van der Waals surface area contributed by atoms with Crippen LogP contribution >= 0.6 is 0 Å². The van der Waals surface area contributed by atoms with Gasteiger partial charge in [0.1, 0.15) is 0 Å². The summed E-state index contributed by atoms with van der Waals surface area (Å²) in [7, 11) is 0. The third-order valence-corrected chi connectivity index (χ3v) is 2.45. The third-order valence-electron chi connectivity index (χ3n) is 2.45. The monoisotopic (exact) mass is 222 g/mol. The average Bonchev–Trinajstić information content (AvgIpc) is 2.36. The second-order valence-corrected chi connectivity index (χ2v) is 3.49. The zero-order valence-electron chi connectivity index (χ0n) is 8.64. The molecule has 0 radical (unpaired) electrons. The van der Waals surface area contributed by atoms with E-state index in [1.54, 1.807) is 18.2 Å². The summed E-state index contributed by atoms with van der Waals surface area (Å²) in [5.41, 5.74) is 0.771. The first-order chi connectivity index (χ1) is 8.15. The van der Waals surface area contributed by atoms with Gasteiger partial charge in [-0.3, -0.25) is 0 Å². The molecular formula is C13H6N2O2. The minimum atomic E-state index is -1.08. The van der Waals surface area contributed by atoms with E-state index in [1.165, 1.54) is 12.1 Å². The standard InChI is InChI=1S/C13H6N2O2/c14-6-8-1-2-9-4-10(13(16)17)5-11(7-15)12(9)3-8/h1-5H,(H,16,17). The van der Waals surface area contributed by atoms with E-state index in [0.29, 0.717) is 16.3 Å². The highest BCUT2D eigenvalue weighted by Crippen LogP contribution is 2.22. The van der Waals surface area contributed by atoms with Gasteiger partial charge >= 0.3 is 5.97 Å². The zero-order valence-corrected chi connectivity index (χ0v) is 8.64. The number of nitriles is 2. The molecule has 0 bridgehead atoms. The fourth-order valence-corrected chi connectivity index (χ4v) is 1.64. The second-order valence-electron chi connectivity index (χ2n) is 3.49. The van der Waals surface area contributed by atoms with E-state index in [0.717, 1.165) is 0 Å². The van der Waals surface area contributed by atoms with E-state index in [1.807, 2.05) is 12.1 Å². The lowest BCUT2D eigenvalue weighted by atomic mass is 10.00. The van der Waals surface area contributed by atoms with Crippen molar-refractivity contribution in [2.45, 2.75) is 0 Å². The van der Waals surface area contributed by atoms with Crippen LogP contribution in [-0.2, 0) is 0 Å². The van der Waals surface area contributed by atoms with Crippen molar-refractivity contribution in [1.82, 2.24) is 0 Å². The van der Waals surface area contributed by atoms with Gasteiger partial charge in [-0.2, -0.15) is 10.5 Å². The van der Waals surface area contributed by atoms with Gasteiger partial charge in [0.25, 0.3) is 0 Å². The van der Waals surface area contributed by atoms with Crippen molar-refractivity contribution in [3.8, 4) is 12.1 Å². The molecule has 80 valence electrons. The van der Waals surface area contributed by atoms with Crippen LogP contribution in [0.3, 0.4) is 0 Å². The molecule has 2 aromatic rings. The summed E-state index contributed by atoms with van der Waals surface area (Å²) >= 11 is 0. The normalized spacial score (nSPS) is 9.53. The Morgan fingerprint density at radius 2 is 1.88 bits per heavy atom. The summed E-state index contributed by atoms with van der Waals surface area (Å²) < 4.78 is 0. The topological polar surface area (TPSA) is 84.9 Å². The number of hydrogen-bond donors (Lipinski definition) is 1. The minimum absolute atomic E-state index is 0.0683. The van der Waals surface area contributed by atoms with E-state index >= 15 is 0 Å². The van der Waals surface area contributed by atoms with E-state index in [2.05, 4.69) is 0 Å². The predicted octanol–water partition coefficient (Wildman–Crippen LogP) is 2.28. The van der Waals surface area contributed by atoms with Crippen molar-refractivity contribution < 1.29 is 9.90 Å². The molecule has 0 aromatic heterocycles. The van der Waals surface area contributed by atoms with Crippen molar-refractivity contribution in [3.05, 3.63) is 47.0 Å². The molecule has 2 rings (SSSR count). The largest absolute Gasteiger partial charge is 0.478 e. The smallest absolute Gasteiger partial charge is 0.335 e. The van der Waals surface area contributed by atoms with Crippen molar-refractivity contribution in [2.24, 2.45) is 0 Å². The molecule has 0 aliphatic carbocycles. The third kappa shape index (κ3) is 1.80. The quantitative estimate of drug-likeness (QED) is 0.802. The van der Waals surface area contributed by atoms with Gasteiger partial charge in [-0.05, 0) is 29.7 Å². The van der Waals surface area contributed by atoms with Gasteiger partial charge in [0.15, 0.2) is 0 Å². The Bertz CT molecular complexity index is 706. The fraction of sp³-hybridized carbons (Fsp3) is 0. The SMILES string of the molecule is N#Cc1ccc2cc(C(=O)O)cc(C#N)c2c1. The molecule has 2 aromatic carbocycles. The van der Waals surface area contributed by atoms with Gasteiger partial charge in [0.05, 0.1) is 28.8 Å². The van der Waals surface area contributed by atoms with Crippen molar-refractivity contribution in [2.75, 3.05) is 0 Å². The molecule has 0 heterocycles. The molecule has 17 heavy (non-hydrogen) atoms. The molecular weight excluding hydrogens is 216 g/mol. The molecule has 0 spiro atoms. The first-order valence-corrected chi connectivity index (χ1v) is 4.77. The first-order valence-electron chi connectivity index (χ1n) is 4.77. The number of aromatic carboxylic acids is 1. The van der Waals surface area contributed by atoms with Crippen LogP contribution in [-0.4, -0.2) is 11.1 Å². The van der Waals surface area contributed by atoms with Crippen LogP contribution in [0.1, 0.15) is 21.5 Å². The molecule has 0 atom stereocenters. The lowest BCUT2D eigenvalue weighted by Gasteiger charge is -2.03. The Hall–Kier alpha value is -2.85. The fourth-order valence-electron chi connectivity index (χ4n) is 1.64. The number of carbonyl (C=O) groups is 1. The highest BCUT2D eigenvalue weighted by Gasteiger charge is 2.09. The van der Waals surface area contributed by atoms with Crippen LogP contribution < -0.4 is 0 Å². The number of fused-ring (bicyclic) bond motifs is 1. The van der Waals surface area contributed by atoms with E-state index < -0.39 is 5.97 Å². The van der Waals surface area contributed by atoms with Crippen LogP contribution in [0.4, 0.5) is 0 Å². The van der Waals surface area contributed by atoms with E-state index in [9.17, 15) is 4.79 Å². The highest BCUT2D eigenvalue weighted by atomic mass is 16.4. The lowest BCUT2D eigenvalue weighted by Crippen LogP contribution is -1.97. The number of rotatable bonds is 1. The predicted molar refractivity (Wildman–Crippen MR) is 60.3 cm³/mol. The summed E-state index contributed by atoms with van der Waals surface area (Å²) in [6.45, 7) is 0. The van der Waals surface area contributed by atoms with Gasteiger partial charge in [-0.1, -0.05) is 6.07 Å². The van der Waals surface area contributed by atoms with Crippen LogP contribution in [0.15, 0.2) is 30.3 Å². The van der Waals surface area contributed by atoms with E-state index in [-0.39, 0.29) is 11.1 Å². The number of carboxylic acids is 1. The lowest BCUT2D eigenvalue weighted by molar-refractivity contribution is 0.0697. The van der Waals surface area contributed by atoms with Crippen LogP contribution in [0, 0.1) is 22.7 Å². The maximum absolute atomic E-state index is 10.9. The molecule has 0 aliphatic rings. The van der Waals surface area contributed by atoms with Gasteiger partial charge in [-0.25, -0.2) is 4.79 Å². The summed E-state index contributed by atoms with van der Waals surface area (Å²) in [6.07, 6.45) is 0. The summed E-state index contributed by atoms with van der Waals surface area (Å²) in [6, 6.07) is 11.5. The molecule has 0 saturated heterocycles. The molecule has 1 N–H and O–H groups in total. The Morgan fingerprint density at radius 3 is 2.47 bits per heavy atom. The average molecular weight is 222 g/mol. The van der Waals surface area contributed by atoms with Gasteiger partial charge in [0, 0.05) is 5.39 Å². The number of benzene rings is 2. The number of hydrogen-bond acceptors (Lipinski definition) is 3. The Balaban J connectivity index is 2.84. The molecule has 4 heteroatoms. The summed E-state index contributed by atoms with van der Waals surface area (Å²) in [5.74, 6) is -1.08. The van der Waals surface area contributed by atoms with Gasteiger partial charge < -0.3 is 5.11 Å². The summed E-state index contributed by atoms with van der Waals surface area (Å²) in [5, 5.41) is 27.9. The Labute approximate surface area is 96.9 Å². The number of nitrogens with zero attached hydrogens (tertiary/aromatic N) is 2. The second kappa shape index (κ2) is 3.96. The molecule has 0 fully saturated rings. The molecule has 0 aliphatic heterocycles. The van der Waals surface area contributed by atoms with Crippen molar-refractivity contribution in [1.29, 1.82) is 10.5 Å². The van der Waals surface area contributed by atoms with Gasteiger partial charge in [-0.15, -0.1) is 0 Å². The molecule has 0 unspecified atom stereocenters. The van der Waals surface area contributed by atoms with Crippen LogP contribution in [0.25, 0.3) is 10.8 Å².